The summed E-state index contributed by atoms with van der Waals surface area (Å²) in [6, 6.07) is 72.5. The van der Waals surface area contributed by atoms with E-state index in [4.69, 9.17) is 19.4 Å². The third-order valence-electron chi connectivity index (χ3n) is 12.9. The zero-order valence-electron chi connectivity index (χ0n) is 34.2. The molecule has 9 aromatic carbocycles. The minimum atomic E-state index is 0.547. The van der Waals surface area contributed by atoms with Gasteiger partial charge < -0.3 is 13.6 Å². The third-order valence-corrected chi connectivity index (χ3v) is 12.9. The Hall–Kier alpha value is -8.81. The largest absolute Gasteiger partial charge is 0.454 e. The minimum absolute atomic E-state index is 0.547. The standard InChI is InChI=1S/C57H34N6O/c1-3-17-35(18-4-1)55-58-56(36-19-5-2-6-20-36)60-57(59-55)63-49-29-15-10-24-41(49)44-32-31-43-40-23-9-12-26-46(40)61(52(43)53(44)63)37-33-45-42-25-11-16-30-51(42)64-54(45)50(34-37)62-47-27-13-7-21-38(47)39-22-8-14-28-48(39)62/h1-34H. The summed E-state index contributed by atoms with van der Waals surface area (Å²) in [5.41, 5.74) is 11.9. The van der Waals surface area contributed by atoms with E-state index < -0.39 is 0 Å². The van der Waals surface area contributed by atoms with Gasteiger partial charge >= 0.3 is 0 Å². The van der Waals surface area contributed by atoms with Crippen LogP contribution in [-0.4, -0.2) is 28.7 Å². The Bertz CT molecular complexity index is 4080. The normalized spacial score (nSPS) is 12.1. The molecule has 298 valence electrons. The summed E-state index contributed by atoms with van der Waals surface area (Å²) in [5.74, 6) is 1.76. The maximum Gasteiger partial charge on any atom is 0.238 e. The molecule has 0 spiro atoms. The van der Waals surface area contributed by atoms with Crippen LogP contribution in [0.5, 0.6) is 0 Å². The Labute approximate surface area is 365 Å². The third kappa shape index (κ3) is 4.94. The second-order valence-corrected chi connectivity index (χ2v) is 16.4. The number of para-hydroxylation sites is 5. The molecular formula is C57H34N6O. The number of hydrogen-bond acceptors (Lipinski definition) is 4. The lowest BCUT2D eigenvalue weighted by atomic mass is 10.1. The molecule has 0 saturated carbocycles. The van der Waals surface area contributed by atoms with Gasteiger partial charge in [-0.1, -0.05) is 164 Å². The topological polar surface area (TPSA) is 66.6 Å². The first-order chi connectivity index (χ1) is 31.8. The van der Waals surface area contributed by atoms with Crippen molar-refractivity contribution < 1.29 is 4.42 Å². The molecule has 0 unspecified atom stereocenters. The number of nitrogens with zero attached hydrogens (tertiary/aromatic N) is 6. The number of furan rings is 1. The summed E-state index contributed by atoms with van der Waals surface area (Å²) in [5, 5.41) is 8.99. The second-order valence-electron chi connectivity index (χ2n) is 16.4. The smallest absolute Gasteiger partial charge is 0.238 e. The first-order valence-corrected chi connectivity index (χ1v) is 21.5. The molecule has 0 N–H and O–H groups in total. The fourth-order valence-corrected chi connectivity index (χ4v) is 10.1. The molecule has 5 heterocycles. The maximum atomic E-state index is 6.88. The van der Waals surface area contributed by atoms with Crippen molar-refractivity contribution in [2.75, 3.05) is 0 Å². The van der Waals surface area contributed by atoms with Gasteiger partial charge in [-0.3, -0.25) is 4.57 Å². The Morgan fingerprint density at radius 3 is 1.33 bits per heavy atom. The van der Waals surface area contributed by atoms with E-state index in [0.717, 1.165) is 99.1 Å². The monoisotopic (exact) mass is 818 g/mol. The van der Waals surface area contributed by atoms with Crippen LogP contribution in [0.1, 0.15) is 0 Å². The summed E-state index contributed by atoms with van der Waals surface area (Å²) < 4.78 is 13.9. The molecule has 5 aromatic heterocycles. The molecule has 0 amide bonds. The van der Waals surface area contributed by atoms with Crippen molar-refractivity contribution in [1.29, 1.82) is 0 Å². The summed E-state index contributed by atoms with van der Waals surface area (Å²) in [7, 11) is 0. The number of hydrogen-bond donors (Lipinski definition) is 0. The molecule has 0 saturated heterocycles. The van der Waals surface area contributed by atoms with Crippen LogP contribution in [0.25, 0.3) is 127 Å². The molecule has 64 heavy (non-hydrogen) atoms. The number of fused-ring (bicyclic) bond motifs is 13. The van der Waals surface area contributed by atoms with Crippen molar-refractivity contribution in [3.63, 3.8) is 0 Å². The molecule has 0 atom stereocenters. The maximum absolute atomic E-state index is 6.88. The van der Waals surface area contributed by atoms with E-state index in [1.165, 1.54) is 10.8 Å². The van der Waals surface area contributed by atoms with Gasteiger partial charge in [0.1, 0.15) is 5.58 Å². The fourth-order valence-electron chi connectivity index (χ4n) is 10.1. The Kier molecular flexibility index (Phi) is 7.27. The van der Waals surface area contributed by atoms with Crippen molar-refractivity contribution in [3.8, 4) is 40.1 Å². The van der Waals surface area contributed by atoms with Crippen LogP contribution in [-0.2, 0) is 0 Å². The van der Waals surface area contributed by atoms with Gasteiger partial charge in [0, 0.05) is 59.9 Å². The van der Waals surface area contributed by atoms with Crippen molar-refractivity contribution in [2.24, 2.45) is 0 Å². The van der Waals surface area contributed by atoms with E-state index >= 15 is 0 Å². The first-order valence-electron chi connectivity index (χ1n) is 21.5. The molecule has 0 aliphatic heterocycles. The highest BCUT2D eigenvalue weighted by Crippen LogP contribution is 2.44. The predicted molar refractivity (Wildman–Crippen MR) is 261 cm³/mol. The zero-order valence-corrected chi connectivity index (χ0v) is 34.2. The molecule has 7 nitrogen and oxygen atoms in total. The van der Waals surface area contributed by atoms with Crippen LogP contribution in [0.3, 0.4) is 0 Å². The first kappa shape index (κ1) is 34.9. The van der Waals surface area contributed by atoms with Crippen molar-refractivity contribution in [1.82, 2.24) is 28.7 Å². The van der Waals surface area contributed by atoms with Crippen molar-refractivity contribution in [3.05, 3.63) is 206 Å². The molecule has 0 fully saturated rings. The van der Waals surface area contributed by atoms with Crippen molar-refractivity contribution in [2.45, 2.75) is 0 Å². The summed E-state index contributed by atoms with van der Waals surface area (Å²) in [6.45, 7) is 0. The highest BCUT2D eigenvalue weighted by Gasteiger charge is 2.26. The average molecular weight is 819 g/mol. The zero-order chi connectivity index (χ0) is 41.9. The molecule has 14 aromatic rings. The number of benzene rings is 9. The quantitative estimate of drug-likeness (QED) is 0.173. The van der Waals surface area contributed by atoms with E-state index in [9.17, 15) is 0 Å². The second kappa shape index (κ2) is 13.3. The van der Waals surface area contributed by atoms with Crippen LogP contribution in [0.15, 0.2) is 211 Å². The minimum Gasteiger partial charge on any atom is -0.454 e. The van der Waals surface area contributed by atoms with Crippen LogP contribution >= 0.6 is 0 Å². The van der Waals surface area contributed by atoms with E-state index in [-0.39, 0.29) is 0 Å². The van der Waals surface area contributed by atoms with Crippen LogP contribution < -0.4 is 0 Å². The molecule has 0 bridgehead atoms. The van der Waals surface area contributed by atoms with Gasteiger partial charge in [-0.2, -0.15) is 9.97 Å². The highest BCUT2D eigenvalue weighted by molar-refractivity contribution is 6.24. The van der Waals surface area contributed by atoms with E-state index in [0.29, 0.717) is 17.6 Å². The summed E-state index contributed by atoms with van der Waals surface area (Å²) in [4.78, 5) is 15.7. The molecule has 7 heteroatoms. The van der Waals surface area contributed by atoms with E-state index in [1.54, 1.807) is 0 Å². The lowest BCUT2D eigenvalue weighted by Gasteiger charge is -2.15. The van der Waals surface area contributed by atoms with E-state index in [2.05, 4.69) is 177 Å². The van der Waals surface area contributed by atoms with Gasteiger partial charge in [0.15, 0.2) is 17.2 Å². The van der Waals surface area contributed by atoms with Crippen LogP contribution in [0, 0.1) is 0 Å². The molecular weight excluding hydrogens is 785 g/mol. The summed E-state index contributed by atoms with van der Waals surface area (Å²) >= 11 is 0. The van der Waals surface area contributed by atoms with Crippen LogP contribution in [0.2, 0.25) is 0 Å². The molecule has 0 aliphatic rings. The van der Waals surface area contributed by atoms with Gasteiger partial charge in [0.05, 0.1) is 38.8 Å². The van der Waals surface area contributed by atoms with Gasteiger partial charge in [-0.15, -0.1) is 0 Å². The Morgan fingerprint density at radius 2 is 0.766 bits per heavy atom. The van der Waals surface area contributed by atoms with Crippen molar-refractivity contribution >= 4 is 87.4 Å². The SMILES string of the molecule is c1ccc(-c2nc(-c3ccccc3)nc(-n3c4ccccc4c4ccc5c6ccccc6n(-c6cc(-n7c8ccccc8c8ccccc87)c7oc8ccccc8c7c6)c5c43)n2)cc1. The van der Waals surface area contributed by atoms with Gasteiger partial charge in [0.25, 0.3) is 0 Å². The Balaban J connectivity index is 1.16. The fraction of sp³-hybridized carbons (Fsp3) is 0. The highest BCUT2D eigenvalue weighted by atomic mass is 16.3. The van der Waals surface area contributed by atoms with Gasteiger partial charge in [0.2, 0.25) is 5.95 Å². The van der Waals surface area contributed by atoms with Gasteiger partial charge in [-0.25, -0.2) is 4.98 Å². The number of aromatic nitrogens is 6. The lowest BCUT2D eigenvalue weighted by molar-refractivity contribution is 0.666. The molecule has 14 rings (SSSR count). The lowest BCUT2D eigenvalue weighted by Crippen LogP contribution is -2.07. The van der Waals surface area contributed by atoms with Gasteiger partial charge in [-0.05, 0) is 42.5 Å². The molecule has 0 aliphatic carbocycles. The Morgan fingerprint density at radius 1 is 0.328 bits per heavy atom. The van der Waals surface area contributed by atoms with Crippen LogP contribution in [0.4, 0.5) is 0 Å². The number of rotatable bonds is 5. The molecule has 0 radical (unpaired) electrons. The van der Waals surface area contributed by atoms with E-state index in [1.807, 2.05) is 42.5 Å². The predicted octanol–water partition coefficient (Wildman–Crippen LogP) is 14.4. The summed E-state index contributed by atoms with van der Waals surface area (Å²) in [6.07, 6.45) is 0. The average Bonchev–Trinajstić information content (AvgIpc) is 4.11.